The third-order valence-corrected chi connectivity index (χ3v) is 21.9. The highest BCUT2D eigenvalue weighted by molar-refractivity contribution is 6.32. The van der Waals surface area contributed by atoms with Gasteiger partial charge in [-0.2, -0.15) is 0 Å². The van der Waals surface area contributed by atoms with Crippen LogP contribution in [-0.2, 0) is 68.7 Å². The number of nitrogens with zero attached hydrogens (tertiary/aromatic N) is 1. The van der Waals surface area contributed by atoms with E-state index in [1.54, 1.807) is 26.8 Å². The van der Waals surface area contributed by atoms with Gasteiger partial charge in [-0.1, -0.05) is 66.8 Å². The lowest BCUT2D eigenvalue weighted by Crippen LogP contribution is -2.65. The Morgan fingerprint density at radius 1 is 0.694 bits per heavy atom. The van der Waals surface area contributed by atoms with Crippen molar-refractivity contribution >= 4 is 99.6 Å². The van der Waals surface area contributed by atoms with E-state index in [1.165, 1.54) is 44.6 Å². The minimum atomic E-state index is -2.42. The number of aromatic hydroxyl groups is 3. The van der Waals surface area contributed by atoms with Crippen LogP contribution in [0.2, 0.25) is 15.1 Å². The first-order valence-corrected chi connectivity index (χ1v) is 39.5. The minimum Gasteiger partial charge on any atom is -0.508 e. The molecule has 0 aliphatic carbocycles. The molecular weight excluding hydrogens is 1700 g/mol. The Labute approximate surface area is 718 Å². The first-order chi connectivity index (χ1) is 58.8. The number of aliphatic hydroxyl groups excluding tert-OH is 6. The summed E-state index contributed by atoms with van der Waals surface area (Å²) >= 11 is 20.3. The molecule has 7 aliphatic heterocycles. The van der Waals surface area contributed by atoms with Gasteiger partial charge in [-0.15, -0.1) is 0 Å². The van der Waals surface area contributed by atoms with E-state index in [4.69, 9.17) is 79.5 Å². The van der Waals surface area contributed by atoms with Crippen molar-refractivity contribution in [2.24, 2.45) is 17.4 Å². The fourth-order valence-corrected chi connectivity index (χ4v) is 15.3. The summed E-state index contributed by atoms with van der Waals surface area (Å²) in [5, 5.41) is 129. The number of anilines is 1. The number of halogens is 4. The molecule has 0 spiro atoms. The van der Waals surface area contributed by atoms with Crippen LogP contribution in [0.5, 0.6) is 46.0 Å². The summed E-state index contributed by atoms with van der Waals surface area (Å²) in [7, 11) is 1.46. The van der Waals surface area contributed by atoms with Crippen LogP contribution in [0.25, 0.3) is 11.1 Å². The van der Waals surface area contributed by atoms with Gasteiger partial charge in [-0.3, -0.25) is 57.8 Å². The Kier molecular flexibility index (Phi) is 28.5. The molecule has 8 heterocycles. The van der Waals surface area contributed by atoms with Crippen molar-refractivity contribution in [1.29, 1.82) is 0 Å². The number of amides is 10. The van der Waals surface area contributed by atoms with Gasteiger partial charge in [0, 0.05) is 47.5 Å². The van der Waals surface area contributed by atoms with Gasteiger partial charge in [0.25, 0.3) is 11.8 Å². The molecule has 7 aromatic rings. The normalized spacial score (nSPS) is 26.0. The van der Waals surface area contributed by atoms with Crippen LogP contribution < -0.4 is 79.0 Å². The molecule has 0 unspecified atom stereocenters. The Bertz CT molecular complexity index is 5320. The lowest BCUT2D eigenvalue weighted by Gasteiger charge is -2.48. The number of carbonyl (C=O) groups is 10. The second-order valence-corrected chi connectivity index (χ2v) is 31.7. The van der Waals surface area contributed by atoms with Gasteiger partial charge in [-0.05, 0) is 145 Å². The fraction of sp³-hybridized carbons (Fsp3) is 0.370. The molecule has 7 aliphatic rings. The highest BCUT2D eigenvalue weighted by atomic mass is 35.5. The number of hydrogen-bond acceptors (Lipinski definition) is 29. The average Bonchev–Trinajstić information content (AvgIpc) is 0.765. The maximum atomic E-state index is 16.3. The van der Waals surface area contributed by atoms with Crippen LogP contribution in [0.15, 0.2) is 116 Å². The average molecular weight is 1780 g/mol. The predicted molar refractivity (Wildman–Crippen MR) is 431 cm³/mol. The van der Waals surface area contributed by atoms with Gasteiger partial charge in [0.2, 0.25) is 59.3 Å². The molecule has 6 aromatic carbocycles. The molecule has 2 fully saturated rings. The molecular formula is C81H87Cl3FN13O26. The van der Waals surface area contributed by atoms with Gasteiger partial charge in [0.1, 0.15) is 101 Å². The Morgan fingerprint density at radius 2 is 1.35 bits per heavy atom. The van der Waals surface area contributed by atoms with Gasteiger partial charge in [-0.25, -0.2) is 9.87 Å². The van der Waals surface area contributed by atoms with Crippen LogP contribution >= 0.6 is 34.8 Å². The SMILES string of the molecule is CN[C@H](CC(C)C)C(=O)N[C@H]1C(=O)N[C@@H](CC(N)=O)C(=O)N[C@H]2C(=O)N[C@H]3C(=O)N[C@H](C(=O)N[C@@H](C(=O)NOCC(N)=O)c4cc(O)cc(O)c4-c4cc3ccc4O)[C@H](O)c3ccc(c(Cl)c3)Oc3cc2cc(c3O[C@@H]2O[C@H](CO)[C@@H](O)[C@H](O)[C@H]2O[C@H]2C[C@](C)(NCc3cncc(NC(=O)c4ccc(F)c(Cl)c4)c3)[C@H](O)[C@H](C)O2)Oc2ccc(cc2Cl)[C@H]1O. The maximum absolute atomic E-state index is 16.3. The van der Waals surface area contributed by atoms with E-state index in [1.807, 2.05) is 5.48 Å². The van der Waals surface area contributed by atoms with Crippen LogP contribution in [-0.4, -0.2) is 209 Å². The second-order valence-electron chi connectivity index (χ2n) is 30.5. The number of hydroxylamine groups is 1. The van der Waals surface area contributed by atoms with Crippen molar-refractivity contribution in [2.45, 2.75) is 163 Å². The van der Waals surface area contributed by atoms with Crippen LogP contribution in [0, 0.1) is 11.7 Å². The predicted octanol–water partition coefficient (Wildman–Crippen LogP) is 1.83. The van der Waals surface area contributed by atoms with Gasteiger partial charge < -0.3 is 134 Å². The van der Waals surface area contributed by atoms with E-state index in [0.717, 1.165) is 78.9 Å². The molecule has 660 valence electrons. The molecule has 1 aromatic heterocycles. The molecule has 124 heavy (non-hydrogen) atoms. The zero-order chi connectivity index (χ0) is 89.8. The first-order valence-electron chi connectivity index (χ1n) is 38.4. The van der Waals surface area contributed by atoms with Gasteiger partial charge in [0.15, 0.2) is 30.5 Å². The smallest absolute Gasteiger partial charge is 0.270 e. The van der Waals surface area contributed by atoms with Crippen LogP contribution in [0.1, 0.15) is 121 Å². The number of rotatable bonds is 21. The van der Waals surface area contributed by atoms with Crippen molar-refractivity contribution in [3.05, 3.63) is 175 Å². The number of phenolic OH excluding ortho intramolecular Hbond substituents is 3. The number of phenols is 3. The van der Waals surface area contributed by atoms with Crippen molar-refractivity contribution in [1.82, 2.24) is 53.0 Å². The summed E-state index contributed by atoms with van der Waals surface area (Å²) in [6, 6.07) is 3.77. The third-order valence-electron chi connectivity index (χ3n) is 21.1. The van der Waals surface area contributed by atoms with Crippen molar-refractivity contribution < 1.29 is 132 Å². The molecule has 10 amide bonds. The molecule has 0 radical (unpaired) electrons. The molecule has 0 saturated carbocycles. The number of aliphatic hydroxyl groups is 6. The molecule has 39 nitrogen and oxygen atoms in total. The van der Waals surface area contributed by atoms with Crippen LogP contribution in [0.4, 0.5) is 10.1 Å². The number of pyridine rings is 1. The number of nitrogens with one attached hydrogen (secondary N) is 10. The highest BCUT2D eigenvalue weighted by Gasteiger charge is 2.52. The van der Waals surface area contributed by atoms with Crippen molar-refractivity contribution in [3.63, 3.8) is 0 Å². The minimum absolute atomic E-state index is 0.0363. The molecule has 23 N–H and O–H groups in total. The van der Waals surface area contributed by atoms with Gasteiger partial charge >= 0.3 is 0 Å². The first kappa shape index (κ1) is 91.5. The summed E-state index contributed by atoms with van der Waals surface area (Å²) in [5.74, 6) is -18.7. The summed E-state index contributed by atoms with van der Waals surface area (Å²) in [6.45, 7) is 4.67. The molecule has 43 heteroatoms. The second kappa shape index (κ2) is 38.6. The largest absolute Gasteiger partial charge is 0.508 e. The molecule has 11 bridgehead atoms. The summed E-state index contributed by atoms with van der Waals surface area (Å²) in [6.07, 6.45) is -16.9. The van der Waals surface area contributed by atoms with E-state index in [2.05, 4.69) is 52.8 Å². The van der Waals surface area contributed by atoms with E-state index >= 15 is 24.0 Å². The van der Waals surface area contributed by atoms with Crippen molar-refractivity contribution in [2.75, 3.05) is 25.6 Å². The summed E-state index contributed by atoms with van der Waals surface area (Å²) < 4.78 is 53.4. The standard InChI is InChI=1S/C81H87Cl3FN13O26/c1-31(2)14-47(88-5)73(111)96-63-65(105)35-8-12-51(44(83)17-35)120-53-20-38-21-54(69(53)124-80-70(68(108)67(107)55(29-99)122-80)123-58-25-81(4,71(109)32(3)119-58)90-27-33-15-39(28-89-26-33)91-72(110)37-6-10-46(85)43(82)19-37)121-52-13-9-36(18-45(52)84)66(106)64-78(116)95-62(79(117)98-118-30-57(87)104)42-22-40(100)23-50(102)59(42)41-16-34(7-11-49(41)101)60(75(113)97-64)94-76(114)61(38)93-74(112)48(24-56(86)103)92-77(63)115/h6-13,15-23,26,28,31-32,47-48,55,58,60-68,70-71,80,88,90,99-102,105-109H,14,24-25,27,29-30H2,1-5H3,(H2,86,103)(H2,87,104)(H,91,110)(H,92,115)(H,93,112)(H,94,114)(H,95,116)(H,96,111)(H,97,113)(H,98,117)/t32-,47+,48-,55+,58-,60+,61+,62+,63+,64-,65+,66+,67+,68-,70+,71+,80-,81-/m0/s1. The molecule has 14 rings (SSSR count). The van der Waals surface area contributed by atoms with E-state index in [9.17, 15) is 74.3 Å². The van der Waals surface area contributed by atoms with Crippen LogP contribution in [0.3, 0.4) is 0 Å². The molecule has 18 atom stereocenters. The summed E-state index contributed by atoms with van der Waals surface area (Å²) in [4.78, 5) is 154. The number of hydrogen-bond donors (Lipinski definition) is 21. The monoisotopic (exact) mass is 1780 g/mol. The Hall–Kier alpha value is -11.7. The number of fused-ring (bicyclic) bond motifs is 15. The number of aromatic nitrogens is 1. The molecule has 2 saturated heterocycles. The number of nitrogens with two attached hydrogens (primary N) is 2. The maximum Gasteiger partial charge on any atom is 0.270 e. The summed E-state index contributed by atoms with van der Waals surface area (Å²) in [5.41, 5.74) is 9.22. The zero-order valence-electron chi connectivity index (χ0n) is 66.2. The number of carbonyl (C=O) groups excluding carboxylic acids is 10. The number of primary amides is 2. The Balaban J connectivity index is 1.03. The number of likely N-dealkylation sites (N-methyl/N-ethyl adjacent to an activating group) is 1. The number of ether oxygens (including phenoxy) is 6. The highest BCUT2D eigenvalue weighted by Crippen LogP contribution is 2.50. The fourth-order valence-electron chi connectivity index (χ4n) is 14.7. The number of benzene rings is 6. The van der Waals surface area contributed by atoms with Gasteiger partial charge in [0.05, 0.1) is 58.2 Å². The zero-order valence-corrected chi connectivity index (χ0v) is 68.5. The topological polar surface area (TPSA) is 603 Å². The third kappa shape index (κ3) is 20.5. The lowest BCUT2D eigenvalue weighted by molar-refractivity contribution is -0.334. The van der Waals surface area contributed by atoms with Crippen molar-refractivity contribution in [3.8, 4) is 57.1 Å². The van der Waals surface area contributed by atoms with E-state index in [-0.39, 0.29) is 52.7 Å². The Morgan fingerprint density at radius 3 is 1.98 bits per heavy atom. The quantitative estimate of drug-likeness (QED) is 0.0456. The lowest BCUT2D eigenvalue weighted by atomic mass is 9.84. The van der Waals surface area contributed by atoms with E-state index < -0.39 is 278 Å². The van der Waals surface area contributed by atoms with E-state index in [0.29, 0.717) is 5.56 Å².